The number of hydrogen-bond acceptors (Lipinski definition) is 6. The Labute approximate surface area is 137 Å². The highest BCUT2D eigenvalue weighted by atomic mass is 32.2. The van der Waals surface area contributed by atoms with Crippen molar-refractivity contribution in [2.24, 2.45) is 5.73 Å². The van der Waals surface area contributed by atoms with Crippen molar-refractivity contribution < 1.29 is 19.1 Å². The molecule has 120 valence electrons. The molecule has 1 aromatic rings. The number of β-lactam (4-membered cyclic amide) rings is 1. The Kier molecular flexibility index (Phi) is 4.23. The number of amides is 1. The summed E-state index contributed by atoms with van der Waals surface area (Å²) in [7, 11) is 0. The predicted octanol–water partition coefficient (Wildman–Crippen LogP) is 0.580. The Morgan fingerprint density at radius 2 is 2.04 bits per heavy atom. The number of ketones is 1. The van der Waals surface area contributed by atoms with E-state index in [1.807, 2.05) is 0 Å². The first-order chi connectivity index (χ1) is 11.0. The number of thioether (sulfide) groups is 1. The zero-order valence-corrected chi connectivity index (χ0v) is 13.1. The van der Waals surface area contributed by atoms with Crippen molar-refractivity contribution in [3.8, 4) is 0 Å². The molecule has 2 aliphatic heterocycles. The molecule has 3 rings (SSSR count). The van der Waals surface area contributed by atoms with Crippen molar-refractivity contribution in [2.45, 2.75) is 17.5 Å². The predicted molar refractivity (Wildman–Crippen MR) is 85.7 cm³/mol. The highest BCUT2D eigenvalue weighted by Crippen LogP contribution is 2.39. The number of Topliss-reactive ketones (excluding diaryl/α,β-unsaturated/α-hetero) is 1. The number of carbonyl (C=O) groups excluding carboxylic acids is 3. The number of esters is 1. The van der Waals surface area contributed by atoms with Gasteiger partial charge in [-0.05, 0) is 5.57 Å². The monoisotopic (exact) mass is 332 g/mol. The third-order valence-electron chi connectivity index (χ3n) is 3.89. The molecule has 1 aromatic carbocycles. The zero-order chi connectivity index (χ0) is 16.6. The van der Waals surface area contributed by atoms with Crippen LogP contribution in [0.25, 0.3) is 0 Å². The lowest BCUT2D eigenvalue weighted by Gasteiger charge is -2.51. The van der Waals surface area contributed by atoms with E-state index in [-0.39, 0.29) is 23.7 Å². The Hall–Kier alpha value is -2.12. The minimum Gasteiger partial charge on any atom is -0.455 e. The number of hydrogen-bond donors (Lipinski definition) is 1. The summed E-state index contributed by atoms with van der Waals surface area (Å²) in [6, 6.07) is 7.14. The van der Waals surface area contributed by atoms with Gasteiger partial charge in [0.1, 0.15) is 11.4 Å². The third-order valence-corrected chi connectivity index (χ3v) is 5.29. The van der Waals surface area contributed by atoms with Gasteiger partial charge in [0.15, 0.2) is 18.4 Å². The van der Waals surface area contributed by atoms with E-state index >= 15 is 0 Å². The van der Waals surface area contributed by atoms with Crippen molar-refractivity contribution >= 4 is 29.4 Å². The molecular formula is C16H16N2O4S. The van der Waals surface area contributed by atoms with Gasteiger partial charge in [0.25, 0.3) is 0 Å². The first kappa shape index (κ1) is 15.8. The molecule has 2 unspecified atom stereocenters. The van der Waals surface area contributed by atoms with Crippen LogP contribution in [0.5, 0.6) is 0 Å². The van der Waals surface area contributed by atoms with Gasteiger partial charge in [-0.1, -0.05) is 36.9 Å². The van der Waals surface area contributed by atoms with Gasteiger partial charge >= 0.3 is 5.97 Å². The lowest BCUT2D eigenvalue weighted by Crippen LogP contribution is -2.73. The molecule has 1 amide bonds. The van der Waals surface area contributed by atoms with E-state index in [1.165, 1.54) is 16.7 Å². The molecule has 3 atom stereocenters. The Morgan fingerprint density at radius 3 is 2.74 bits per heavy atom. The summed E-state index contributed by atoms with van der Waals surface area (Å²) in [5, 5.41) is -0.227. The summed E-state index contributed by atoms with van der Waals surface area (Å²) in [4.78, 5) is 37.6. The fraction of sp³-hybridized carbons (Fsp3) is 0.312. The lowest BCUT2D eigenvalue weighted by atomic mass is 9.99. The first-order valence-electron chi connectivity index (χ1n) is 7.12. The molecule has 6 nitrogen and oxygen atoms in total. The molecular weight excluding hydrogens is 316 g/mol. The van der Waals surface area contributed by atoms with Crippen molar-refractivity contribution in [1.29, 1.82) is 0 Å². The van der Waals surface area contributed by atoms with Gasteiger partial charge in [0.05, 0.1) is 0 Å². The van der Waals surface area contributed by atoms with Crippen LogP contribution in [0.1, 0.15) is 10.4 Å². The summed E-state index contributed by atoms with van der Waals surface area (Å²) in [6.07, 6.45) is 0. The summed E-state index contributed by atoms with van der Waals surface area (Å²) in [6.45, 7) is 3.48. The Morgan fingerprint density at radius 1 is 1.35 bits per heavy atom. The molecule has 0 spiro atoms. The molecule has 23 heavy (non-hydrogen) atoms. The normalized spacial score (nSPS) is 26.3. The number of ether oxygens (including phenoxy) is 1. The smallest absolute Gasteiger partial charge is 0.333 e. The number of rotatable bonds is 4. The molecule has 0 radical (unpaired) electrons. The van der Waals surface area contributed by atoms with Gasteiger partial charge in [0, 0.05) is 11.3 Å². The van der Waals surface area contributed by atoms with E-state index in [4.69, 9.17) is 10.5 Å². The Balaban J connectivity index is 1.64. The molecule has 7 heteroatoms. The lowest BCUT2D eigenvalue weighted by molar-refractivity contribution is -0.160. The van der Waals surface area contributed by atoms with Crippen LogP contribution in [-0.2, 0) is 14.3 Å². The van der Waals surface area contributed by atoms with Crippen LogP contribution >= 0.6 is 11.8 Å². The third kappa shape index (κ3) is 2.77. The van der Waals surface area contributed by atoms with E-state index in [0.29, 0.717) is 16.9 Å². The summed E-state index contributed by atoms with van der Waals surface area (Å²) in [5.41, 5.74) is 6.79. The standard InChI is InChI=1S/C16H16N2O4S/c1-9-8-23-15-12(17)14(20)18(15)13(9)16(21)22-7-11(19)10-5-3-2-4-6-10/h2-6,12-13,15H,1,7-8,17H2/t12?,13?,15-/m0/s1. The van der Waals surface area contributed by atoms with Crippen LogP contribution in [0, 0.1) is 0 Å². The maximum Gasteiger partial charge on any atom is 0.333 e. The fourth-order valence-electron chi connectivity index (χ4n) is 2.64. The second kappa shape index (κ2) is 6.17. The molecule has 0 saturated carbocycles. The number of nitrogens with two attached hydrogens (primary N) is 1. The van der Waals surface area contributed by atoms with Crippen LogP contribution in [0.15, 0.2) is 42.5 Å². The van der Waals surface area contributed by atoms with Crippen LogP contribution in [0.3, 0.4) is 0 Å². The second-order valence-corrected chi connectivity index (χ2v) is 6.54. The summed E-state index contributed by atoms with van der Waals surface area (Å²) >= 11 is 1.48. The van der Waals surface area contributed by atoms with Crippen LogP contribution < -0.4 is 5.73 Å². The second-order valence-electron chi connectivity index (χ2n) is 5.43. The summed E-state index contributed by atoms with van der Waals surface area (Å²) in [5.74, 6) is -0.684. The van der Waals surface area contributed by atoms with E-state index < -0.39 is 18.1 Å². The minimum atomic E-state index is -0.850. The fourth-order valence-corrected chi connectivity index (χ4v) is 3.89. The van der Waals surface area contributed by atoms with Crippen molar-refractivity contribution in [3.05, 3.63) is 48.0 Å². The molecule has 2 heterocycles. The number of nitrogens with zero attached hydrogens (tertiary/aromatic N) is 1. The van der Waals surface area contributed by atoms with E-state index in [2.05, 4.69) is 6.58 Å². The van der Waals surface area contributed by atoms with Crippen molar-refractivity contribution in [1.82, 2.24) is 4.90 Å². The number of benzene rings is 1. The van der Waals surface area contributed by atoms with Gasteiger partial charge in [-0.2, -0.15) is 0 Å². The van der Waals surface area contributed by atoms with Crippen molar-refractivity contribution in [3.63, 3.8) is 0 Å². The molecule has 2 fully saturated rings. The quantitative estimate of drug-likeness (QED) is 0.375. The highest BCUT2D eigenvalue weighted by Gasteiger charge is 2.54. The maximum absolute atomic E-state index is 12.3. The average Bonchev–Trinajstić information content (AvgIpc) is 2.59. The van der Waals surface area contributed by atoms with Gasteiger partial charge in [-0.15, -0.1) is 11.8 Å². The van der Waals surface area contributed by atoms with Crippen LogP contribution in [0.2, 0.25) is 0 Å². The average molecular weight is 332 g/mol. The van der Waals surface area contributed by atoms with Gasteiger partial charge < -0.3 is 15.4 Å². The summed E-state index contributed by atoms with van der Waals surface area (Å²) < 4.78 is 5.11. The SMILES string of the molecule is C=C1CS[C@H]2C(N)C(=O)N2C1C(=O)OCC(=O)c1ccccc1. The molecule has 0 aliphatic carbocycles. The minimum absolute atomic E-state index is 0.227. The largest absolute Gasteiger partial charge is 0.455 e. The van der Waals surface area contributed by atoms with E-state index in [9.17, 15) is 14.4 Å². The van der Waals surface area contributed by atoms with Crippen LogP contribution in [-0.4, -0.2) is 52.4 Å². The van der Waals surface area contributed by atoms with E-state index in [1.54, 1.807) is 30.3 Å². The molecule has 2 aliphatic rings. The molecule has 0 bridgehead atoms. The van der Waals surface area contributed by atoms with Gasteiger partial charge in [-0.25, -0.2) is 4.79 Å². The molecule has 2 N–H and O–H groups in total. The highest BCUT2D eigenvalue weighted by molar-refractivity contribution is 8.00. The van der Waals surface area contributed by atoms with Gasteiger partial charge in [-0.3, -0.25) is 9.59 Å². The zero-order valence-electron chi connectivity index (χ0n) is 12.3. The van der Waals surface area contributed by atoms with Crippen molar-refractivity contribution in [2.75, 3.05) is 12.4 Å². The maximum atomic E-state index is 12.3. The molecule has 0 aromatic heterocycles. The topological polar surface area (TPSA) is 89.7 Å². The number of fused-ring (bicyclic) bond motifs is 1. The number of carbonyl (C=O) groups is 3. The van der Waals surface area contributed by atoms with E-state index in [0.717, 1.165) is 0 Å². The van der Waals surface area contributed by atoms with Gasteiger partial charge in [0.2, 0.25) is 5.91 Å². The molecule has 2 saturated heterocycles. The Bertz CT molecular complexity index is 676. The first-order valence-corrected chi connectivity index (χ1v) is 8.17. The van der Waals surface area contributed by atoms with Crippen LogP contribution in [0.4, 0.5) is 0 Å².